The van der Waals surface area contributed by atoms with Crippen LogP contribution in [0.2, 0.25) is 0 Å². The molecule has 1 rings (SSSR count). The van der Waals surface area contributed by atoms with E-state index in [1.54, 1.807) is 0 Å². The maximum absolute atomic E-state index is 11.9. The highest BCUT2D eigenvalue weighted by Crippen LogP contribution is 2.35. The number of unbranched alkanes of at least 4 members (excludes halogenated alkanes) is 2. The first-order valence-corrected chi connectivity index (χ1v) is 7.64. The summed E-state index contributed by atoms with van der Waals surface area (Å²) in [6.07, 6.45) is 3.18. The van der Waals surface area contributed by atoms with Crippen LogP contribution in [0.5, 0.6) is 5.75 Å². The van der Waals surface area contributed by atoms with Crippen LogP contribution in [-0.4, -0.2) is 19.8 Å². The van der Waals surface area contributed by atoms with Gasteiger partial charge < -0.3 is 10.5 Å². The molecule has 1 aromatic rings. The highest BCUT2D eigenvalue weighted by atomic mass is 79.9. The van der Waals surface area contributed by atoms with E-state index in [2.05, 4.69) is 31.9 Å². The van der Waals surface area contributed by atoms with Crippen LogP contribution in [-0.2, 0) is 6.42 Å². The van der Waals surface area contributed by atoms with E-state index in [1.807, 2.05) is 12.1 Å². The Morgan fingerprint density at radius 3 is 2.33 bits per heavy atom. The van der Waals surface area contributed by atoms with E-state index in [0.717, 1.165) is 34.0 Å². The number of alkyl halides is 1. The van der Waals surface area contributed by atoms with Gasteiger partial charge in [-0.25, -0.2) is 0 Å². The van der Waals surface area contributed by atoms with Gasteiger partial charge in [0.15, 0.2) is 0 Å². The Hall–Kier alpha value is -0.130. The number of rotatable bonds is 8. The van der Waals surface area contributed by atoms with Crippen molar-refractivity contribution in [3.63, 3.8) is 0 Å². The summed E-state index contributed by atoms with van der Waals surface area (Å²) in [5.41, 5.74) is 6.70. The van der Waals surface area contributed by atoms with Gasteiger partial charge in [-0.1, -0.05) is 0 Å². The summed E-state index contributed by atoms with van der Waals surface area (Å²) in [6, 6.07) is 4.04. The molecular formula is C13H18Br2FNO. The minimum Gasteiger partial charge on any atom is -0.491 e. The van der Waals surface area contributed by atoms with Crippen LogP contribution in [0.3, 0.4) is 0 Å². The molecule has 0 atom stereocenters. The van der Waals surface area contributed by atoms with Crippen molar-refractivity contribution in [3.8, 4) is 5.75 Å². The second-order valence-electron chi connectivity index (χ2n) is 4.03. The molecule has 0 aromatic heterocycles. The molecule has 0 spiro atoms. The van der Waals surface area contributed by atoms with Crippen LogP contribution in [0.25, 0.3) is 0 Å². The molecule has 0 aliphatic carbocycles. The fourth-order valence-electron chi connectivity index (χ4n) is 1.61. The molecule has 0 amide bonds. The zero-order chi connectivity index (χ0) is 13.4. The molecule has 2 N–H and O–H groups in total. The molecule has 0 bridgehead atoms. The standard InChI is InChI=1S/C13H18Br2FNO/c14-11-8-10(4-6-17)9-12(15)13(11)18-7-3-1-2-5-16/h8-9H,1-7,17H2. The molecule has 0 saturated heterocycles. The molecule has 18 heavy (non-hydrogen) atoms. The zero-order valence-electron chi connectivity index (χ0n) is 10.2. The van der Waals surface area contributed by atoms with E-state index in [-0.39, 0.29) is 6.67 Å². The third-order valence-electron chi connectivity index (χ3n) is 2.52. The van der Waals surface area contributed by atoms with Crippen LogP contribution in [0.1, 0.15) is 24.8 Å². The van der Waals surface area contributed by atoms with Gasteiger partial charge in [-0.15, -0.1) is 0 Å². The van der Waals surface area contributed by atoms with Crippen molar-refractivity contribution in [1.82, 2.24) is 0 Å². The molecule has 102 valence electrons. The lowest BCUT2D eigenvalue weighted by Crippen LogP contribution is -2.04. The second-order valence-corrected chi connectivity index (χ2v) is 5.73. The van der Waals surface area contributed by atoms with Crippen LogP contribution in [0.15, 0.2) is 21.1 Å². The Balaban J connectivity index is 2.54. The number of hydrogen-bond donors (Lipinski definition) is 1. The summed E-state index contributed by atoms with van der Waals surface area (Å²) in [4.78, 5) is 0. The number of benzene rings is 1. The van der Waals surface area contributed by atoms with Gasteiger partial charge >= 0.3 is 0 Å². The Morgan fingerprint density at radius 1 is 1.11 bits per heavy atom. The van der Waals surface area contributed by atoms with Gasteiger partial charge in [0, 0.05) is 0 Å². The summed E-state index contributed by atoms with van der Waals surface area (Å²) < 4.78 is 19.5. The number of hydrogen-bond acceptors (Lipinski definition) is 2. The monoisotopic (exact) mass is 381 g/mol. The van der Waals surface area contributed by atoms with Gasteiger partial charge in [0.2, 0.25) is 0 Å². The van der Waals surface area contributed by atoms with Crippen molar-refractivity contribution in [2.24, 2.45) is 5.73 Å². The molecule has 1 aromatic carbocycles. The van der Waals surface area contributed by atoms with E-state index in [0.29, 0.717) is 19.6 Å². The predicted octanol–water partition coefficient (Wildman–Crippen LogP) is 4.23. The maximum Gasteiger partial charge on any atom is 0.147 e. The number of nitrogens with two attached hydrogens (primary N) is 1. The van der Waals surface area contributed by atoms with Crippen LogP contribution in [0, 0.1) is 0 Å². The van der Waals surface area contributed by atoms with Crippen molar-refractivity contribution in [2.45, 2.75) is 25.7 Å². The smallest absolute Gasteiger partial charge is 0.147 e. The highest BCUT2D eigenvalue weighted by Gasteiger charge is 2.08. The maximum atomic E-state index is 11.9. The lowest BCUT2D eigenvalue weighted by molar-refractivity contribution is 0.298. The number of ether oxygens (including phenoxy) is 1. The van der Waals surface area contributed by atoms with E-state index < -0.39 is 0 Å². The predicted molar refractivity (Wildman–Crippen MR) is 79.9 cm³/mol. The molecule has 0 radical (unpaired) electrons. The van der Waals surface area contributed by atoms with E-state index in [9.17, 15) is 4.39 Å². The lowest BCUT2D eigenvalue weighted by atomic mass is 10.1. The minimum absolute atomic E-state index is 0.249. The SMILES string of the molecule is NCCc1cc(Br)c(OCCCCCF)c(Br)c1. The summed E-state index contributed by atoms with van der Waals surface area (Å²) >= 11 is 6.99. The Kier molecular flexibility index (Phi) is 7.86. The summed E-state index contributed by atoms with van der Waals surface area (Å²) in [7, 11) is 0. The average Bonchev–Trinajstić information content (AvgIpc) is 2.32. The van der Waals surface area contributed by atoms with Crippen molar-refractivity contribution in [1.29, 1.82) is 0 Å². The lowest BCUT2D eigenvalue weighted by Gasteiger charge is -2.12. The highest BCUT2D eigenvalue weighted by molar-refractivity contribution is 9.11. The molecule has 0 aliphatic rings. The first-order chi connectivity index (χ1) is 8.69. The quantitative estimate of drug-likeness (QED) is 0.682. The summed E-state index contributed by atoms with van der Waals surface area (Å²) in [5.74, 6) is 0.802. The Labute approximate surface area is 124 Å². The molecule has 0 unspecified atom stereocenters. The van der Waals surface area contributed by atoms with Gasteiger partial charge in [-0.3, -0.25) is 4.39 Å². The molecule has 0 fully saturated rings. The van der Waals surface area contributed by atoms with Crippen LogP contribution in [0.4, 0.5) is 4.39 Å². The molecule has 2 nitrogen and oxygen atoms in total. The molecule has 0 aliphatic heterocycles. The first-order valence-electron chi connectivity index (χ1n) is 6.05. The fourth-order valence-corrected chi connectivity index (χ4v) is 3.12. The van der Waals surface area contributed by atoms with Gasteiger partial charge in [0.1, 0.15) is 5.75 Å². The third kappa shape index (κ3) is 5.24. The van der Waals surface area contributed by atoms with Crippen molar-refractivity contribution in [3.05, 3.63) is 26.6 Å². The third-order valence-corrected chi connectivity index (χ3v) is 3.69. The first kappa shape index (κ1) is 15.9. The largest absolute Gasteiger partial charge is 0.491 e. The van der Waals surface area contributed by atoms with Crippen molar-refractivity contribution >= 4 is 31.9 Å². The Morgan fingerprint density at radius 2 is 1.78 bits per heavy atom. The van der Waals surface area contributed by atoms with Gasteiger partial charge in [0.05, 0.1) is 22.2 Å². The fraction of sp³-hybridized carbons (Fsp3) is 0.538. The molecule has 0 heterocycles. The van der Waals surface area contributed by atoms with Crippen LogP contribution < -0.4 is 10.5 Å². The molecular weight excluding hydrogens is 365 g/mol. The second kappa shape index (κ2) is 8.88. The number of halogens is 3. The minimum atomic E-state index is -0.249. The topological polar surface area (TPSA) is 35.2 Å². The van der Waals surface area contributed by atoms with Gasteiger partial charge in [-0.05, 0) is 81.8 Å². The normalized spacial score (nSPS) is 10.7. The summed E-state index contributed by atoms with van der Waals surface area (Å²) in [5, 5.41) is 0. The van der Waals surface area contributed by atoms with E-state index in [1.165, 1.54) is 5.56 Å². The van der Waals surface area contributed by atoms with Crippen LogP contribution >= 0.6 is 31.9 Å². The van der Waals surface area contributed by atoms with E-state index >= 15 is 0 Å². The van der Waals surface area contributed by atoms with Gasteiger partial charge in [-0.2, -0.15) is 0 Å². The molecule has 5 heteroatoms. The average molecular weight is 383 g/mol. The Bertz CT molecular complexity index is 351. The molecule has 0 saturated carbocycles. The van der Waals surface area contributed by atoms with Crippen molar-refractivity contribution in [2.75, 3.05) is 19.8 Å². The van der Waals surface area contributed by atoms with Gasteiger partial charge in [0.25, 0.3) is 0 Å². The van der Waals surface area contributed by atoms with Crippen molar-refractivity contribution < 1.29 is 9.13 Å². The zero-order valence-corrected chi connectivity index (χ0v) is 13.4. The van der Waals surface area contributed by atoms with E-state index in [4.69, 9.17) is 10.5 Å². The summed E-state index contributed by atoms with van der Waals surface area (Å²) in [6.45, 7) is 0.983.